The molecule has 0 spiro atoms. The SMILES string of the molecule is C[C@@H](N)C(=O)N(C)CC(=O)Nc1ccc(Cl)c(C(F)(F)F)c1.Cl. The smallest absolute Gasteiger partial charge is 0.335 e. The highest BCUT2D eigenvalue weighted by molar-refractivity contribution is 6.31. The second-order valence-corrected chi connectivity index (χ2v) is 5.13. The van der Waals surface area contributed by atoms with Crippen molar-refractivity contribution in [3.63, 3.8) is 0 Å². The van der Waals surface area contributed by atoms with Crippen LogP contribution < -0.4 is 11.1 Å². The standard InChI is InChI=1S/C13H15ClF3N3O2.ClH/c1-7(18)12(22)20(2)6-11(21)19-8-3-4-10(14)9(5-8)13(15,16)17;/h3-5,7H,6,18H2,1-2H3,(H,19,21);1H/t7-;/m1./s1. The molecule has 0 saturated heterocycles. The molecule has 0 saturated carbocycles. The molecule has 1 aromatic rings. The van der Waals surface area contributed by atoms with Crippen molar-refractivity contribution in [2.75, 3.05) is 18.9 Å². The van der Waals surface area contributed by atoms with E-state index < -0.39 is 34.6 Å². The molecular formula is C13H16Cl2F3N3O2. The van der Waals surface area contributed by atoms with E-state index in [-0.39, 0.29) is 24.6 Å². The van der Waals surface area contributed by atoms with Gasteiger partial charge in [-0.2, -0.15) is 13.2 Å². The van der Waals surface area contributed by atoms with Gasteiger partial charge < -0.3 is 16.0 Å². The zero-order valence-corrected chi connectivity index (χ0v) is 13.9. The molecule has 2 amide bonds. The summed E-state index contributed by atoms with van der Waals surface area (Å²) in [6, 6.07) is 2.23. The Balaban J connectivity index is 0.00000484. The number of nitrogens with one attached hydrogen (secondary N) is 1. The highest BCUT2D eigenvalue weighted by Gasteiger charge is 2.33. The highest BCUT2D eigenvalue weighted by Crippen LogP contribution is 2.36. The Morgan fingerprint density at radius 2 is 1.96 bits per heavy atom. The van der Waals surface area contributed by atoms with Crippen LogP contribution in [0.3, 0.4) is 0 Å². The number of likely N-dealkylation sites (N-methyl/N-ethyl adjacent to an activating group) is 1. The van der Waals surface area contributed by atoms with Crippen LogP contribution in [0.25, 0.3) is 0 Å². The molecule has 0 aliphatic rings. The second kappa shape index (κ2) is 8.37. The van der Waals surface area contributed by atoms with Gasteiger partial charge in [-0.15, -0.1) is 12.4 Å². The van der Waals surface area contributed by atoms with Crippen LogP contribution in [-0.4, -0.2) is 36.3 Å². The van der Waals surface area contributed by atoms with Crippen molar-refractivity contribution in [3.05, 3.63) is 28.8 Å². The molecule has 130 valence electrons. The normalized spacial score (nSPS) is 12.1. The van der Waals surface area contributed by atoms with Crippen molar-refractivity contribution < 1.29 is 22.8 Å². The number of carbonyl (C=O) groups excluding carboxylic acids is 2. The van der Waals surface area contributed by atoms with Gasteiger partial charge in [-0.25, -0.2) is 0 Å². The molecule has 5 nitrogen and oxygen atoms in total. The fourth-order valence-corrected chi connectivity index (χ4v) is 1.89. The summed E-state index contributed by atoms with van der Waals surface area (Å²) in [5.74, 6) is -1.10. The number of hydrogen-bond donors (Lipinski definition) is 2. The molecule has 23 heavy (non-hydrogen) atoms. The Morgan fingerprint density at radius 1 is 1.39 bits per heavy atom. The fourth-order valence-electron chi connectivity index (χ4n) is 1.66. The van der Waals surface area contributed by atoms with E-state index in [2.05, 4.69) is 5.32 Å². The lowest BCUT2D eigenvalue weighted by Crippen LogP contribution is -2.43. The molecule has 0 aromatic heterocycles. The van der Waals surface area contributed by atoms with Crippen LogP contribution in [-0.2, 0) is 15.8 Å². The van der Waals surface area contributed by atoms with Gasteiger partial charge in [0.15, 0.2) is 0 Å². The molecule has 0 aliphatic carbocycles. The quantitative estimate of drug-likeness (QED) is 0.851. The Kier molecular flexibility index (Phi) is 7.82. The van der Waals surface area contributed by atoms with Crippen LogP contribution in [0.4, 0.5) is 18.9 Å². The van der Waals surface area contributed by atoms with E-state index in [0.29, 0.717) is 0 Å². The largest absolute Gasteiger partial charge is 0.417 e. The molecule has 0 fully saturated rings. The minimum absolute atomic E-state index is 0. The molecule has 0 unspecified atom stereocenters. The first-order chi connectivity index (χ1) is 10.0. The summed E-state index contributed by atoms with van der Waals surface area (Å²) in [6.07, 6.45) is -4.63. The summed E-state index contributed by atoms with van der Waals surface area (Å²) in [6.45, 7) is 1.13. The first-order valence-corrected chi connectivity index (χ1v) is 6.57. The zero-order chi connectivity index (χ0) is 17.1. The minimum atomic E-state index is -4.63. The first-order valence-electron chi connectivity index (χ1n) is 6.19. The molecule has 1 aromatic carbocycles. The summed E-state index contributed by atoms with van der Waals surface area (Å²) in [4.78, 5) is 24.3. The summed E-state index contributed by atoms with van der Waals surface area (Å²) in [7, 11) is 1.37. The van der Waals surface area contributed by atoms with E-state index in [0.717, 1.165) is 17.0 Å². The Bertz CT molecular complexity index is 580. The predicted octanol–water partition coefficient (Wildman–Crippen LogP) is 2.52. The molecule has 0 bridgehead atoms. The number of halogens is 5. The summed E-state index contributed by atoms with van der Waals surface area (Å²) >= 11 is 5.48. The molecule has 1 rings (SSSR count). The molecule has 10 heteroatoms. The summed E-state index contributed by atoms with van der Waals surface area (Å²) < 4.78 is 38.1. The van der Waals surface area contributed by atoms with Crippen molar-refractivity contribution in [1.82, 2.24) is 4.90 Å². The van der Waals surface area contributed by atoms with Crippen LogP contribution in [0, 0.1) is 0 Å². The number of amides is 2. The summed E-state index contributed by atoms with van der Waals surface area (Å²) in [5.41, 5.74) is 4.27. The number of carbonyl (C=O) groups is 2. The maximum Gasteiger partial charge on any atom is 0.417 e. The lowest BCUT2D eigenvalue weighted by molar-refractivity contribution is -0.137. The maximum atomic E-state index is 12.7. The van der Waals surface area contributed by atoms with Gasteiger partial charge in [0.25, 0.3) is 0 Å². The molecule has 1 atom stereocenters. The van der Waals surface area contributed by atoms with Gasteiger partial charge >= 0.3 is 6.18 Å². The third-order valence-corrected chi connectivity index (χ3v) is 3.03. The average molecular weight is 374 g/mol. The van der Waals surface area contributed by atoms with E-state index in [9.17, 15) is 22.8 Å². The van der Waals surface area contributed by atoms with E-state index in [1.807, 2.05) is 0 Å². The topological polar surface area (TPSA) is 75.4 Å². The van der Waals surface area contributed by atoms with E-state index in [1.165, 1.54) is 20.0 Å². The van der Waals surface area contributed by atoms with Crippen molar-refractivity contribution in [2.24, 2.45) is 5.73 Å². The number of rotatable bonds is 4. The average Bonchev–Trinajstić information content (AvgIpc) is 2.38. The number of alkyl halides is 3. The third-order valence-electron chi connectivity index (χ3n) is 2.70. The van der Waals surface area contributed by atoms with Crippen LogP contribution in [0.5, 0.6) is 0 Å². The van der Waals surface area contributed by atoms with Gasteiger partial charge in [-0.1, -0.05) is 11.6 Å². The second-order valence-electron chi connectivity index (χ2n) is 4.72. The monoisotopic (exact) mass is 373 g/mol. The number of nitrogens with zero attached hydrogens (tertiary/aromatic N) is 1. The van der Waals surface area contributed by atoms with Crippen LogP contribution in [0.2, 0.25) is 5.02 Å². The highest BCUT2D eigenvalue weighted by atomic mass is 35.5. The van der Waals surface area contributed by atoms with Gasteiger partial charge in [-0.05, 0) is 25.1 Å². The lowest BCUT2D eigenvalue weighted by Gasteiger charge is -2.19. The Morgan fingerprint density at radius 3 is 2.43 bits per heavy atom. The number of anilines is 1. The van der Waals surface area contributed by atoms with E-state index in [4.69, 9.17) is 17.3 Å². The van der Waals surface area contributed by atoms with Crippen LogP contribution >= 0.6 is 24.0 Å². The van der Waals surface area contributed by atoms with Crippen molar-refractivity contribution >= 4 is 41.5 Å². The zero-order valence-electron chi connectivity index (χ0n) is 12.3. The maximum absolute atomic E-state index is 12.7. The van der Waals surface area contributed by atoms with Gasteiger partial charge in [0.05, 0.1) is 23.2 Å². The van der Waals surface area contributed by atoms with Crippen molar-refractivity contribution in [2.45, 2.75) is 19.1 Å². The van der Waals surface area contributed by atoms with Crippen molar-refractivity contribution in [3.8, 4) is 0 Å². The van der Waals surface area contributed by atoms with E-state index in [1.54, 1.807) is 0 Å². The van der Waals surface area contributed by atoms with Gasteiger partial charge in [0, 0.05) is 12.7 Å². The van der Waals surface area contributed by atoms with Crippen LogP contribution in [0.15, 0.2) is 18.2 Å². The predicted molar refractivity (Wildman–Crippen MR) is 83.6 cm³/mol. The lowest BCUT2D eigenvalue weighted by atomic mass is 10.2. The molecular weight excluding hydrogens is 358 g/mol. The first kappa shape index (κ1) is 21.5. The number of nitrogens with two attached hydrogens (primary N) is 1. The Labute approximate surface area is 142 Å². The van der Waals surface area contributed by atoms with Crippen LogP contribution in [0.1, 0.15) is 12.5 Å². The molecule has 0 radical (unpaired) electrons. The minimum Gasteiger partial charge on any atom is -0.335 e. The van der Waals surface area contributed by atoms with Gasteiger partial charge in [-0.3, -0.25) is 9.59 Å². The van der Waals surface area contributed by atoms with E-state index >= 15 is 0 Å². The van der Waals surface area contributed by atoms with Gasteiger partial charge in [0.1, 0.15) is 0 Å². The number of benzene rings is 1. The number of hydrogen-bond acceptors (Lipinski definition) is 3. The van der Waals surface area contributed by atoms with Crippen molar-refractivity contribution in [1.29, 1.82) is 0 Å². The summed E-state index contributed by atoms with van der Waals surface area (Å²) in [5, 5.41) is 1.81. The molecule has 0 aliphatic heterocycles. The molecule has 3 N–H and O–H groups in total. The third kappa shape index (κ3) is 6.25. The Hall–Kier alpha value is -1.51. The fraction of sp³-hybridized carbons (Fsp3) is 0.385. The van der Waals surface area contributed by atoms with Gasteiger partial charge in [0.2, 0.25) is 11.8 Å². The molecule has 0 heterocycles.